The first-order valence-electron chi connectivity index (χ1n) is 10.1. The molecule has 0 radical (unpaired) electrons. The van der Waals surface area contributed by atoms with Gasteiger partial charge in [0.1, 0.15) is 11.5 Å². The highest BCUT2D eigenvalue weighted by atomic mass is 16.5. The third-order valence-corrected chi connectivity index (χ3v) is 7.68. The zero-order valence-electron chi connectivity index (χ0n) is 16.7. The molecule has 5 heteroatoms. The normalized spacial score (nSPS) is 36.3. The Labute approximate surface area is 161 Å². The fourth-order valence-corrected chi connectivity index (χ4v) is 6.25. The number of carbonyl (C=O) groups is 1. The molecular formula is C22H31NO4. The molecule has 4 rings (SSSR count). The second kappa shape index (κ2) is 6.40. The molecule has 0 aromatic heterocycles. The van der Waals surface area contributed by atoms with Crippen molar-refractivity contribution >= 4 is 5.91 Å². The van der Waals surface area contributed by atoms with Crippen molar-refractivity contribution in [3.8, 4) is 11.5 Å². The van der Waals surface area contributed by atoms with Gasteiger partial charge in [-0.3, -0.25) is 4.79 Å². The molecule has 3 fully saturated rings. The topological polar surface area (TPSA) is 67.8 Å². The summed E-state index contributed by atoms with van der Waals surface area (Å²) >= 11 is 0. The smallest absolute Gasteiger partial charge is 0.219 e. The molecule has 2 bridgehead atoms. The van der Waals surface area contributed by atoms with Crippen molar-refractivity contribution in [3.05, 3.63) is 23.8 Å². The van der Waals surface area contributed by atoms with Crippen molar-refractivity contribution in [3.63, 3.8) is 0 Å². The monoisotopic (exact) mass is 373 g/mol. The maximum Gasteiger partial charge on any atom is 0.219 e. The van der Waals surface area contributed by atoms with E-state index in [4.69, 9.17) is 9.47 Å². The SMILES string of the molecule is CCC(=O)N[C@H]1C(C)(C)[C@@H]2C[C@@H]3[C@@H](c4ccc(OC)cc4O)OCC[C@@]31C2. The van der Waals surface area contributed by atoms with Gasteiger partial charge in [0.25, 0.3) is 0 Å². The summed E-state index contributed by atoms with van der Waals surface area (Å²) in [5, 5.41) is 14.0. The Hall–Kier alpha value is -1.75. The molecule has 2 saturated carbocycles. The number of fused-ring (bicyclic) bond motifs is 1. The summed E-state index contributed by atoms with van der Waals surface area (Å²) in [4.78, 5) is 12.3. The zero-order chi connectivity index (χ0) is 19.4. The first-order chi connectivity index (χ1) is 12.8. The summed E-state index contributed by atoms with van der Waals surface area (Å²) in [7, 11) is 1.60. The lowest BCUT2D eigenvalue weighted by atomic mass is 9.58. The highest BCUT2D eigenvalue weighted by Crippen LogP contribution is 2.70. The van der Waals surface area contributed by atoms with Crippen LogP contribution in [0, 0.1) is 22.7 Å². The molecule has 3 aliphatic rings. The van der Waals surface area contributed by atoms with E-state index in [9.17, 15) is 9.90 Å². The Kier molecular flexibility index (Phi) is 4.41. The third-order valence-electron chi connectivity index (χ3n) is 7.68. The van der Waals surface area contributed by atoms with E-state index in [0.717, 1.165) is 24.8 Å². The van der Waals surface area contributed by atoms with E-state index in [-0.39, 0.29) is 34.6 Å². The van der Waals surface area contributed by atoms with Crippen LogP contribution in [0.25, 0.3) is 0 Å². The first-order valence-corrected chi connectivity index (χ1v) is 10.1. The number of hydrogen-bond donors (Lipinski definition) is 2. The predicted octanol–water partition coefficient (Wildman–Crippen LogP) is 3.81. The van der Waals surface area contributed by atoms with Crippen molar-refractivity contribution in [1.29, 1.82) is 0 Å². The fourth-order valence-electron chi connectivity index (χ4n) is 6.25. The molecule has 1 amide bonds. The summed E-state index contributed by atoms with van der Waals surface area (Å²) < 4.78 is 11.4. The van der Waals surface area contributed by atoms with Gasteiger partial charge in [0.2, 0.25) is 5.91 Å². The van der Waals surface area contributed by atoms with E-state index in [1.807, 2.05) is 19.1 Å². The predicted molar refractivity (Wildman–Crippen MR) is 103 cm³/mol. The molecule has 27 heavy (non-hydrogen) atoms. The number of amides is 1. The van der Waals surface area contributed by atoms with Gasteiger partial charge in [0.15, 0.2) is 0 Å². The standard InChI is InChI=1S/C22H31NO4/c1-5-18(25)23-20-21(2,3)13-10-16-19(27-9-8-22(16,20)12-13)15-7-6-14(26-4)11-17(15)24/h6-7,11,13,16,19-20,24H,5,8-10,12H2,1-4H3,(H,23,25)/t13-,16-,19-,20+,22-/m1/s1. The molecule has 1 saturated heterocycles. The Morgan fingerprint density at radius 1 is 1.41 bits per heavy atom. The zero-order valence-corrected chi connectivity index (χ0v) is 16.7. The Morgan fingerprint density at radius 3 is 2.85 bits per heavy atom. The lowest BCUT2D eigenvalue weighted by Crippen LogP contribution is -2.58. The summed E-state index contributed by atoms with van der Waals surface area (Å²) in [6, 6.07) is 5.63. The van der Waals surface area contributed by atoms with Gasteiger partial charge in [-0.1, -0.05) is 20.8 Å². The second-order valence-electron chi connectivity index (χ2n) is 9.12. The van der Waals surface area contributed by atoms with Crippen LogP contribution >= 0.6 is 0 Å². The fraction of sp³-hybridized carbons (Fsp3) is 0.682. The van der Waals surface area contributed by atoms with Crippen molar-refractivity contribution < 1.29 is 19.4 Å². The molecule has 5 atom stereocenters. The van der Waals surface area contributed by atoms with Crippen LogP contribution < -0.4 is 10.1 Å². The summed E-state index contributed by atoms with van der Waals surface area (Å²) in [5.41, 5.74) is 0.977. The maximum atomic E-state index is 12.3. The largest absolute Gasteiger partial charge is 0.507 e. The minimum atomic E-state index is -0.133. The number of benzene rings is 1. The lowest BCUT2D eigenvalue weighted by Gasteiger charge is -2.53. The number of carbonyl (C=O) groups excluding carboxylic acids is 1. The van der Waals surface area contributed by atoms with Crippen LogP contribution in [-0.2, 0) is 9.53 Å². The van der Waals surface area contributed by atoms with Gasteiger partial charge in [-0.2, -0.15) is 0 Å². The quantitative estimate of drug-likeness (QED) is 0.842. The van der Waals surface area contributed by atoms with Gasteiger partial charge >= 0.3 is 0 Å². The van der Waals surface area contributed by atoms with Crippen LogP contribution in [-0.4, -0.2) is 30.8 Å². The van der Waals surface area contributed by atoms with Crippen LogP contribution in [0.2, 0.25) is 0 Å². The maximum absolute atomic E-state index is 12.3. The van der Waals surface area contributed by atoms with E-state index < -0.39 is 0 Å². The van der Waals surface area contributed by atoms with E-state index in [1.165, 1.54) is 0 Å². The first kappa shape index (κ1) is 18.6. The van der Waals surface area contributed by atoms with Gasteiger partial charge in [0, 0.05) is 30.7 Å². The third kappa shape index (κ3) is 2.65. The molecule has 2 aliphatic carbocycles. The van der Waals surface area contributed by atoms with E-state index >= 15 is 0 Å². The van der Waals surface area contributed by atoms with Crippen molar-refractivity contribution in [2.45, 2.75) is 58.6 Å². The number of nitrogens with one attached hydrogen (secondary N) is 1. The number of aromatic hydroxyl groups is 1. The number of rotatable bonds is 4. The molecule has 2 N–H and O–H groups in total. The number of ether oxygens (including phenoxy) is 2. The molecule has 1 spiro atoms. The van der Waals surface area contributed by atoms with E-state index in [0.29, 0.717) is 30.6 Å². The lowest BCUT2D eigenvalue weighted by molar-refractivity contribution is -0.137. The second-order valence-corrected chi connectivity index (χ2v) is 9.12. The minimum Gasteiger partial charge on any atom is -0.507 e. The average Bonchev–Trinajstić information content (AvgIpc) is 3.14. The molecule has 1 aromatic rings. The number of phenols is 1. The minimum absolute atomic E-state index is 0.0499. The van der Waals surface area contributed by atoms with Crippen LogP contribution in [0.3, 0.4) is 0 Å². The van der Waals surface area contributed by atoms with Gasteiger partial charge in [-0.05, 0) is 54.1 Å². The van der Waals surface area contributed by atoms with Crippen molar-refractivity contribution in [2.75, 3.05) is 13.7 Å². The van der Waals surface area contributed by atoms with Gasteiger partial charge in [0.05, 0.1) is 13.2 Å². The molecule has 0 unspecified atom stereocenters. The van der Waals surface area contributed by atoms with Gasteiger partial charge in [-0.25, -0.2) is 0 Å². The average molecular weight is 373 g/mol. The number of phenolic OH excluding ortho intramolecular Hbond substituents is 1. The van der Waals surface area contributed by atoms with Crippen LogP contribution in [0.1, 0.15) is 58.1 Å². The summed E-state index contributed by atoms with van der Waals surface area (Å²) in [5.74, 6) is 1.88. The molecule has 1 heterocycles. The molecule has 1 aliphatic heterocycles. The Balaban J connectivity index is 1.70. The van der Waals surface area contributed by atoms with E-state index in [2.05, 4.69) is 19.2 Å². The van der Waals surface area contributed by atoms with Crippen LogP contribution in [0.15, 0.2) is 18.2 Å². The highest BCUT2D eigenvalue weighted by molar-refractivity contribution is 5.76. The molecular weight excluding hydrogens is 342 g/mol. The van der Waals surface area contributed by atoms with Gasteiger partial charge < -0.3 is 19.9 Å². The Morgan fingerprint density at radius 2 is 2.19 bits per heavy atom. The number of methoxy groups -OCH3 is 1. The van der Waals surface area contributed by atoms with Crippen molar-refractivity contribution in [1.82, 2.24) is 5.32 Å². The number of hydrogen-bond acceptors (Lipinski definition) is 4. The molecule has 1 aromatic carbocycles. The van der Waals surface area contributed by atoms with Gasteiger partial charge in [-0.15, -0.1) is 0 Å². The Bertz CT molecular complexity index is 746. The van der Waals surface area contributed by atoms with Crippen LogP contribution in [0.5, 0.6) is 11.5 Å². The van der Waals surface area contributed by atoms with Crippen LogP contribution in [0.4, 0.5) is 0 Å². The molecule has 148 valence electrons. The molecule has 5 nitrogen and oxygen atoms in total. The van der Waals surface area contributed by atoms with E-state index in [1.54, 1.807) is 13.2 Å². The highest BCUT2D eigenvalue weighted by Gasteiger charge is 2.68. The van der Waals surface area contributed by atoms with Crippen molar-refractivity contribution in [2.24, 2.45) is 22.7 Å². The summed E-state index contributed by atoms with van der Waals surface area (Å²) in [6.07, 6.45) is 3.57. The summed E-state index contributed by atoms with van der Waals surface area (Å²) in [6.45, 7) is 7.18.